The van der Waals surface area contributed by atoms with Crippen LogP contribution >= 0.6 is 33.2 Å². The van der Waals surface area contributed by atoms with Gasteiger partial charge in [0.2, 0.25) is 0 Å². The first-order chi connectivity index (χ1) is 4.61. The molecule has 52 valence electrons. The zero-order chi connectivity index (χ0) is 7.61. The molecule has 0 nitrogen and oxygen atoms in total. The Balaban J connectivity index is 2.97. The molecule has 0 aromatic heterocycles. The average Bonchev–Trinajstić information content (AvgIpc) is 1.88. The van der Waals surface area contributed by atoms with Crippen molar-refractivity contribution in [2.24, 2.45) is 0 Å². The van der Waals surface area contributed by atoms with Gasteiger partial charge in [-0.3, -0.25) is 0 Å². The Morgan fingerprint density at radius 1 is 1.30 bits per heavy atom. The normalized spacial score (nSPS) is 10.7. The fourth-order valence-corrected chi connectivity index (χ4v) is 2.01. The number of rotatable bonds is 1. The van der Waals surface area contributed by atoms with Crippen molar-refractivity contribution in [3.63, 3.8) is 0 Å². The van der Waals surface area contributed by atoms with E-state index in [1.54, 1.807) is 18.2 Å². The predicted octanol–water partition coefficient (Wildman–Crippen LogP) is 2.15. The Hall–Kier alpha value is 0.127. The van der Waals surface area contributed by atoms with E-state index in [-0.39, 0.29) is 0 Å². The molecule has 0 saturated heterocycles. The van der Waals surface area contributed by atoms with Crippen molar-refractivity contribution in [2.45, 2.75) is 0 Å². The second-order valence-electron chi connectivity index (χ2n) is 1.71. The monoisotopic (exact) mass is 208 g/mol. The molecule has 0 aliphatic carbocycles. The first-order valence-electron chi connectivity index (χ1n) is 2.56. The molecule has 0 spiro atoms. The molecular formula is C6H3Cl3Si. The number of hydrogen-bond donors (Lipinski definition) is 0. The molecule has 1 aromatic carbocycles. The fourth-order valence-electron chi connectivity index (χ4n) is 0.519. The van der Waals surface area contributed by atoms with Crippen LogP contribution in [-0.2, 0) is 0 Å². The minimum absolute atomic E-state index is 0.653. The summed E-state index contributed by atoms with van der Waals surface area (Å²) in [7, 11) is 0. The summed E-state index contributed by atoms with van der Waals surface area (Å²) in [5, 5.41) is 0.653. The minimum Gasteiger partial charge on any atom is -0.120 e. The lowest BCUT2D eigenvalue weighted by molar-refractivity contribution is 1.81. The van der Waals surface area contributed by atoms with Crippen LogP contribution in [0.1, 0.15) is 0 Å². The van der Waals surface area contributed by atoms with Gasteiger partial charge >= 0.3 is 6.00 Å². The minimum atomic E-state index is -2.70. The summed E-state index contributed by atoms with van der Waals surface area (Å²) in [5.41, 5.74) is 0. The summed E-state index contributed by atoms with van der Waals surface area (Å²) < 4.78 is 0. The highest BCUT2D eigenvalue weighted by molar-refractivity contribution is 7.69. The number of halogens is 3. The van der Waals surface area contributed by atoms with Gasteiger partial charge in [-0.25, -0.2) is 0 Å². The Morgan fingerprint density at radius 3 is 2.30 bits per heavy atom. The third kappa shape index (κ3) is 2.07. The quantitative estimate of drug-likeness (QED) is 0.491. The molecule has 0 fully saturated rings. The maximum atomic E-state index is 5.68. The fraction of sp³-hybridized carbons (Fsp3) is 0. The van der Waals surface area contributed by atoms with E-state index >= 15 is 0 Å². The van der Waals surface area contributed by atoms with Crippen LogP contribution in [0, 0.1) is 12.1 Å². The molecular weight excluding hydrogens is 207 g/mol. The molecule has 0 unspecified atom stereocenters. The highest BCUT2D eigenvalue weighted by Gasteiger charge is 2.27. The van der Waals surface area contributed by atoms with E-state index in [4.69, 9.17) is 33.2 Å². The Bertz CT molecular complexity index is 204. The Kier molecular flexibility index (Phi) is 2.48. The van der Waals surface area contributed by atoms with Crippen LogP contribution in [0.3, 0.4) is 0 Å². The van der Waals surface area contributed by atoms with E-state index in [2.05, 4.69) is 12.1 Å². The molecule has 0 radical (unpaired) electrons. The largest absolute Gasteiger partial charge is 0.381 e. The molecule has 0 aliphatic rings. The van der Waals surface area contributed by atoms with Gasteiger partial charge in [0, 0.05) is 5.19 Å². The smallest absolute Gasteiger partial charge is 0.120 e. The van der Waals surface area contributed by atoms with Crippen molar-refractivity contribution >= 4 is 44.4 Å². The lowest BCUT2D eigenvalue weighted by Gasteiger charge is -2.02. The molecule has 1 aromatic rings. The second kappa shape index (κ2) is 3.02. The molecule has 4 heteroatoms. The van der Waals surface area contributed by atoms with E-state index in [0.717, 1.165) is 0 Å². The first-order valence-corrected chi connectivity index (χ1v) is 7.60. The van der Waals surface area contributed by atoms with Crippen molar-refractivity contribution in [3.05, 3.63) is 30.3 Å². The molecule has 0 saturated carbocycles. The van der Waals surface area contributed by atoms with E-state index in [1.807, 2.05) is 0 Å². The van der Waals surface area contributed by atoms with Gasteiger partial charge in [-0.1, -0.05) is 24.3 Å². The Morgan fingerprint density at radius 2 is 2.00 bits per heavy atom. The second-order valence-corrected chi connectivity index (χ2v) is 10.1. The molecule has 0 heterocycles. The molecule has 10 heavy (non-hydrogen) atoms. The maximum Gasteiger partial charge on any atom is 0.381 e. The summed E-state index contributed by atoms with van der Waals surface area (Å²) in [4.78, 5) is 0. The zero-order valence-electron chi connectivity index (χ0n) is 4.87. The summed E-state index contributed by atoms with van der Waals surface area (Å²) in [5.74, 6) is 0. The van der Waals surface area contributed by atoms with Gasteiger partial charge in [0.05, 0.1) is 0 Å². The van der Waals surface area contributed by atoms with Gasteiger partial charge in [-0.15, -0.1) is 33.2 Å². The Labute approximate surface area is 74.8 Å². The molecule has 0 aliphatic heterocycles. The highest BCUT2D eigenvalue weighted by atomic mass is 35.8. The molecule has 0 bridgehead atoms. The van der Waals surface area contributed by atoms with Crippen LogP contribution in [0.4, 0.5) is 0 Å². The van der Waals surface area contributed by atoms with Crippen molar-refractivity contribution in [3.8, 4) is 0 Å². The van der Waals surface area contributed by atoms with Crippen LogP contribution in [0.5, 0.6) is 0 Å². The van der Waals surface area contributed by atoms with Gasteiger partial charge in [0.15, 0.2) is 0 Å². The molecule has 0 amide bonds. The highest BCUT2D eigenvalue weighted by Crippen LogP contribution is 2.17. The van der Waals surface area contributed by atoms with E-state index in [0.29, 0.717) is 5.19 Å². The summed E-state index contributed by atoms with van der Waals surface area (Å²) in [6.45, 7) is 0. The van der Waals surface area contributed by atoms with Gasteiger partial charge in [0.1, 0.15) is 0 Å². The molecule has 0 N–H and O–H groups in total. The summed E-state index contributed by atoms with van der Waals surface area (Å²) in [6, 6.07) is 8.01. The molecule has 1 rings (SSSR count). The summed E-state index contributed by atoms with van der Waals surface area (Å²) >= 11 is 17.0. The topological polar surface area (TPSA) is 0 Å². The zero-order valence-corrected chi connectivity index (χ0v) is 8.13. The van der Waals surface area contributed by atoms with Crippen LogP contribution in [0.2, 0.25) is 0 Å². The van der Waals surface area contributed by atoms with E-state index in [1.165, 1.54) is 0 Å². The van der Waals surface area contributed by atoms with Gasteiger partial charge in [-0.2, -0.15) is 0 Å². The van der Waals surface area contributed by atoms with Crippen LogP contribution < -0.4 is 5.19 Å². The third-order valence-corrected chi connectivity index (χ3v) is 3.69. The van der Waals surface area contributed by atoms with Crippen LogP contribution in [0.15, 0.2) is 18.2 Å². The van der Waals surface area contributed by atoms with Crippen molar-refractivity contribution in [2.75, 3.05) is 0 Å². The van der Waals surface area contributed by atoms with Gasteiger partial charge < -0.3 is 0 Å². The van der Waals surface area contributed by atoms with Gasteiger partial charge in [-0.05, 0) is 6.07 Å². The summed E-state index contributed by atoms with van der Waals surface area (Å²) in [6.07, 6.45) is 0. The molecule has 0 atom stereocenters. The van der Waals surface area contributed by atoms with Crippen LogP contribution in [-0.4, -0.2) is 6.00 Å². The van der Waals surface area contributed by atoms with Crippen LogP contribution in [0.25, 0.3) is 0 Å². The standard InChI is InChI=1S/C6H3Cl3Si/c7-10(8,9)6-4-2-1-3-5-6/h1-2,4H. The third-order valence-electron chi connectivity index (χ3n) is 0.955. The van der Waals surface area contributed by atoms with E-state index in [9.17, 15) is 0 Å². The van der Waals surface area contributed by atoms with Crippen molar-refractivity contribution in [1.82, 2.24) is 0 Å². The maximum absolute atomic E-state index is 5.68. The lowest BCUT2D eigenvalue weighted by Crippen LogP contribution is -2.28. The average molecular weight is 210 g/mol. The van der Waals surface area contributed by atoms with E-state index < -0.39 is 6.00 Å². The van der Waals surface area contributed by atoms with Crippen molar-refractivity contribution < 1.29 is 0 Å². The first kappa shape index (κ1) is 8.23. The van der Waals surface area contributed by atoms with Gasteiger partial charge in [0.25, 0.3) is 0 Å². The predicted molar refractivity (Wildman–Crippen MR) is 47.1 cm³/mol. The number of hydrogen-bond acceptors (Lipinski definition) is 0. The van der Waals surface area contributed by atoms with Crippen molar-refractivity contribution in [1.29, 1.82) is 0 Å². The lowest BCUT2D eigenvalue weighted by atomic mass is 10.4. The SMILES string of the molecule is Cl[Si](Cl)(Cl)c1c#cccc1.